The smallest absolute Gasteiger partial charge is 0.315 e. The van der Waals surface area contributed by atoms with E-state index in [0.717, 1.165) is 25.7 Å². The second-order valence-electron chi connectivity index (χ2n) is 25.7. The predicted molar refractivity (Wildman–Crippen MR) is 257 cm³/mol. The number of hydrogen-bond donors (Lipinski definition) is 13. The van der Waals surface area contributed by atoms with Gasteiger partial charge in [0, 0.05) is 5.41 Å². The predicted octanol–water partition coefficient (Wildman–Crippen LogP) is -1.40. The van der Waals surface area contributed by atoms with E-state index in [4.69, 9.17) is 37.9 Å². The summed E-state index contributed by atoms with van der Waals surface area (Å²) in [5.41, 5.74) is -1.70. The highest BCUT2D eigenvalue weighted by molar-refractivity contribution is 5.79. The molecule has 0 aromatic carbocycles. The van der Waals surface area contributed by atoms with Crippen molar-refractivity contribution < 1.29 is 109 Å². The Kier molecular flexibility index (Phi) is 16.3. The van der Waals surface area contributed by atoms with Crippen LogP contribution in [-0.2, 0) is 42.7 Å². The minimum Gasteiger partial charge on any atom is -0.432 e. The van der Waals surface area contributed by atoms with E-state index in [0.29, 0.717) is 38.5 Å². The second-order valence-corrected chi connectivity index (χ2v) is 25.7. The number of hydrogen-bond acceptors (Lipinski definition) is 22. The zero-order valence-corrected chi connectivity index (χ0v) is 44.2. The van der Waals surface area contributed by atoms with Gasteiger partial charge in [0.15, 0.2) is 18.9 Å². The molecule has 4 saturated carbocycles. The number of aliphatic hydroxyl groups is 13. The first kappa shape index (κ1) is 58.1. The van der Waals surface area contributed by atoms with Crippen LogP contribution in [0.25, 0.3) is 0 Å². The topological polar surface area (TPSA) is 354 Å². The van der Waals surface area contributed by atoms with Crippen molar-refractivity contribution >= 4 is 5.97 Å². The van der Waals surface area contributed by atoms with Crippen molar-refractivity contribution in [3.63, 3.8) is 0 Å². The number of esters is 1. The highest BCUT2D eigenvalue weighted by Crippen LogP contribution is 2.76. The first-order valence-corrected chi connectivity index (χ1v) is 27.3. The number of fused-ring (bicyclic) bond motifs is 7. The molecule has 5 aliphatic carbocycles. The van der Waals surface area contributed by atoms with Crippen LogP contribution in [0.2, 0.25) is 0 Å². The third-order valence-electron chi connectivity index (χ3n) is 21.1. The van der Waals surface area contributed by atoms with Crippen LogP contribution in [-0.4, -0.2) is 222 Å². The molecule has 0 aromatic heterocycles. The van der Waals surface area contributed by atoms with Crippen LogP contribution in [0.5, 0.6) is 0 Å². The molecule has 4 heterocycles. The molecule has 0 bridgehead atoms. The van der Waals surface area contributed by atoms with E-state index in [1.807, 2.05) is 6.92 Å². The number of ether oxygens (including phenoxy) is 8. The van der Waals surface area contributed by atoms with Gasteiger partial charge < -0.3 is 104 Å². The summed E-state index contributed by atoms with van der Waals surface area (Å²) >= 11 is 0. The van der Waals surface area contributed by atoms with Crippen molar-refractivity contribution in [1.82, 2.24) is 0 Å². The summed E-state index contributed by atoms with van der Waals surface area (Å²) in [5, 5.41) is 139. The monoisotopic (exact) mass is 1070 g/mol. The maximum Gasteiger partial charge on any atom is 0.315 e. The average Bonchev–Trinajstić information content (AvgIpc) is 3.37. The second kappa shape index (κ2) is 21.1. The first-order chi connectivity index (χ1) is 35.1. The van der Waals surface area contributed by atoms with E-state index in [1.54, 1.807) is 0 Å². The number of rotatable bonds is 11. The van der Waals surface area contributed by atoms with Crippen LogP contribution in [0.4, 0.5) is 0 Å². The van der Waals surface area contributed by atoms with Gasteiger partial charge in [0.1, 0.15) is 85.5 Å². The van der Waals surface area contributed by atoms with E-state index in [9.17, 15) is 66.4 Å². The Morgan fingerprint density at radius 2 is 1.27 bits per heavy atom. The summed E-state index contributed by atoms with van der Waals surface area (Å²) in [6.45, 7) is 13.2. The maximum absolute atomic E-state index is 15.1. The molecule has 22 heteroatoms. The summed E-state index contributed by atoms with van der Waals surface area (Å²) in [6, 6.07) is 0. The third kappa shape index (κ3) is 9.50. The molecule has 0 unspecified atom stereocenters. The molecular weight excluding hydrogens is 989 g/mol. The van der Waals surface area contributed by atoms with Gasteiger partial charge in [-0.3, -0.25) is 4.79 Å². The zero-order chi connectivity index (χ0) is 54.7. The Labute approximate surface area is 437 Å². The van der Waals surface area contributed by atoms with Gasteiger partial charge in [-0.25, -0.2) is 0 Å². The van der Waals surface area contributed by atoms with Crippen molar-refractivity contribution in [1.29, 1.82) is 0 Å². The molecule has 9 aliphatic rings. The van der Waals surface area contributed by atoms with Crippen molar-refractivity contribution in [3.8, 4) is 0 Å². The number of carbonyl (C=O) groups is 1. The van der Waals surface area contributed by atoms with Gasteiger partial charge in [0.05, 0.1) is 44.1 Å². The molecule has 430 valence electrons. The molecule has 9 rings (SSSR count). The number of allylic oxidation sites excluding steroid dienone is 2. The SMILES string of the molecule is C[C@H]1O[C@@H](O[C@H]2[C@H](O[C@H]3CC[C@]4(C)[C@@H](CC[C@]5(C)[C@@H]4CC=C4[C@@H]6CC(C)(C)CC[C@]6(C(=O)O[C@H]6O[C@@H](CO[C@H]7O[C@@H](CO)[C@H](O)[C@@H](O)[C@@H]7O)[C@H](O)[C@@H](O)[C@@H]6O)CC[C@@]45C)[C@@]3(C)CO)OC[C@@H](O)[C@@H]2O)[C@H](O)[C@@H](O)[C@@H]1O. The largest absolute Gasteiger partial charge is 0.432 e. The zero-order valence-electron chi connectivity index (χ0n) is 44.2. The van der Waals surface area contributed by atoms with E-state index >= 15 is 4.79 Å². The minimum atomic E-state index is -1.84. The van der Waals surface area contributed by atoms with Gasteiger partial charge in [0.25, 0.3) is 0 Å². The van der Waals surface area contributed by atoms with Gasteiger partial charge in [-0.05, 0) is 111 Å². The van der Waals surface area contributed by atoms with E-state index in [2.05, 4.69) is 40.7 Å². The Morgan fingerprint density at radius 1 is 0.640 bits per heavy atom. The summed E-state index contributed by atoms with van der Waals surface area (Å²) in [5.74, 6) is -0.732. The van der Waals surface area contributed by atoms with Crippen molar-refractivity contribution in [2.24, 2.45) is 50.2 Å². The Morgan fingerprint density at radius 3 is 1.95 bits per heavy atom. The Hall–Kier alpha value is -1.59. The fourth-order valence-electron chi connectivity index (χ4n) is 16.1. The molecule has 0 radical (unpaired) electrons. The summed E-state index contributed by atoms with van der Waals surface area (Å²) < 4.78 is 47.6. The lowest BCUT2D eigenvalue weighted by Gasteiger charge is -2.71. The Bertz CT molecular complexity index is 2060. The lowest BCUT2D eigenvalue weighted by molar-refractivity contribution is -0.365. The van der Waals surface area contributed by atoms with Crippen LogP contribution in [0.15, 0.2) is 11.6 Å². The standard InChI is InChI=1S/C53H86O22/c1-23-32(57)36(61)40(65)44(70-23)74-42-33(58)26(56)20-68-46(42)73-31-11-12-49(4)29(50(31,5)22-55)10-13-52(7)30(49)9-8-24-25-18-48(2,3)14-16-53(25,17-15-51(24,52)6)47(67)75-45-41(66)38(63)35(60)28(72-45)21-69-43-39(64)37(62)34(59)27(19-54)71-43/h8,23,25-46,54-66H,9-22H2,1-7H3/t23-,25+,26-,27+,28+,29-,30-,31+,32-,33+,34+,35+,36+,37-,38-,39+,40-,41+,42-,43+,44+,45-,46+,49-,50-,51+,52-,53+/m1/s1. The molecule has 0 spiro atoms. The molecule has 28 atom stereocenters. The van der Waals surface area contributed by atoms with Crippen LogP contribution in [0, 0.1) is 50.2 Å². The first-order valence-electron chi connectivity index (χ1n) is 27.3. The lowest BCUT2D eigenvalue weighted by Crippen LogP contribution is -2.67. The molecular formula is C53H86O22. The summed E-state index contributed by atoms with van der Waals surface area (Å²) in [7, 11) is 0. The van der Waals surface area contributed by atoms with Crippen molar-refractivity contribution in [2.45, 2.75) is 235 Å². The Balaban J connectivity index is 0.931. The van der Waals surface area contributed by atoms with Gasteiger partial charge >= 0.3 is 5.97 Å². The molecule has 0 aromatic rings. The third-order valence-corrected chi connectivity index (χ3v) is 21.1. The molecule has 4 saturated heterocycles. The van der Waals surface area contributed by atoms with Crippen LogP contribution in [0.1, 0.15) is 113 Å². The fourth-order valence-corrected chi connectivity index (χ4v) is 16.1. The van der Waals surface area contributed by atoms with Gasteiger partial charge in [0.2, 0.25) is 6.29 Å². The molecule has 75 heavy (non-hydrogen) atoms. The molecule has 13 N–H and O–H groups in total. The number of carbonyl (C=O) groups excluding carboxylic acids is 1. The van der Waals surface area contributed by atoms with Gasteiger partial charge in [-0.2, -0.15) is 0 Å². The quantitative estimate of drug-likeness (QED) is 0.0643. The molecule has 0 amide bonds. The van der Waals surface area contributed by atoms with Gasteiger partial charge in [-0.1, -0.05) is 53.2 Å². The van der Waals surface area contributed by atoms with E-state index in [1.165, 1.54) is 12.5 Å². The molecule has 22 nitrogen and oxygen atoms in total. The number of aliphatic hydroxyl groups excluding tert-OH is 13. The summed E-state index contributed by atoms with van der Waals surface area (Å²) in [6.07, 6.45) is -20.8. The van der Waals surface area contributed by atoms with E-state index in [-0.39, 0.29) is 52.6 Å². The normalized spacial score (nSPS) is 54.8. The van der Waals surface area contributed by atoms with Crippen molar-refractivity contribution in [2.75, 3.05) is 26.4 Å². The van der Waals surface area contributed by atoms with Gasteiger partial charge in [-0.15, -0.1) is 0 Å². The highest BCUT2D eigenvalue weighted by atomic mass is 16.8. The van der Waals surface area contributed by atoms with Crippen LogP contribution < -0.4 is 0 Å². The average molecular weight is 1080 g/mol. The summed E-state index contributed by atoms with van der Waals surface area (Å²) in [4.78, 5) is 15.1. The molecule has 4 aliphatic heterocycles. The maximum atomic E-state index is 15.1. The highest BCUT2D eigenvalue weighted by Gasteiger charge is 2.71. The molecule has 8 fully saturated rings. The van der Waals surface area contributed by atoms with Crippen LogP contribution in [0.3, 0.4) is 0 Å². The fraction of sp³-hybridized carbons (Fsp3) is 0.943. The lowest BCUT2D eigenvalue weighted by atomic mass is 9.33. The van der Waals surface area contributed by atoms with E-state index < -0.39 is 153 Å². The van der Waals surface area contributed by atoms with Crippen molar-refractivity contribution in [3.05, 3.63) is 11.6 Å². The minimum absolute atomic E-state index is 0.0432. The van der Waals surface area contributed by atoms with Crippen LogP contribution >= 0.6 is 0 Å².